The number of anilines is 1. The summed E-state index contributed by atoms with van der Waals surface area (Å²) in [6, 6.07) is 3.89. The van der Waals surface area contributed by atoms with Crippen molar-refractivity contribution < 1.29 is 22.8 Å². The molecule has 1 fully saturated rings. The summed E-state index contributed by atoms with van der Waals surface area (Å²) in [5, 5.41) is 23.1. The number of nitrogens with zero attached hydrogens (tertiary/aromatic N) is 4. The van der Waals surface area contributed by atoms with Gasteiger partial charge in [0.25, 0.3) is 5.69 Å². The quantitative estimate of drug-likeness (QED) is 0.333. The highest BCUT2D eigenvalue weighted by atomic mass is 32.2. The van der Waals surface area contributed by atoms with Gasteiger partial charge in [-0.3, -0.25) is 10.1 Å². The van der Waals surface area contributed by atoms with Gasteiger partial charge in [0.15, 0.2) is 4.34 Å². The Kier molecular flexibility index (Phi) is 7.37. The fourth-order valence-corrected chi connectivity index (χ4v) is 5.75. The Morgan fingerprint density at radius 3 is 2.83 bits per heavy atom. The van der Waals surface area contributed by atoms with Crippen LogP contribution in [0, 0.1) is 10.1 Å². The molecule has 1 N–H and O–H groups in total. The van der Waals surface area contributed by atoms with E-state index in [0.29, 0.717) is 35.8 Å². The lowest BCUT2D eigenvalue weighted by atomic mass is 10.3. The van der Waals surface area contributed by atoms with Gasteiger partial charge in [-0.15, -0.1) is 10.2 Å². The summed E-state index contributed by atoms with van der Waals surface area (Å²) >= 11 is 2.30. The van der Waals surface area contributed by atoms with Crippen LogP contribution in [0.25, 0.3) is 0 Å². The normalized spacial score (nSPS) is 15.3. The zero-order valence-electron chi connectivity index (χ0n) is 15.4. The Labute approximate surface area is 175 Å². The second-order valence-corrected chi connectivity index (χ2v) is 10.0. The van der Waals surface area contributed by atoms with E-state index < -0.39 is 14.9 Å². The highest BCUT2D eigenvalue weighted by molar-refractivity contribution is 8.01. The van der Waals surface area contributed by atoms with Crippen LogP contribution >= 0.6 is 23.1 Å². The van der Waals surface area contributed by atoms with Gasteiger partial charge in [-0.25, -0.2) is 8.42 Å². The molecule has 1 aromatic carbocycles. The Bertz CT molecular complexity index is 961. The summed E-state index contributed by atoms with van der Waals surface area (Å²) < 4.78 is 37.4. The first-order valence-corrected chi connectivity index (χ1v) is 11.6. The molecule has 1 aromatic heterocycles. The maximum atomic E-state index is 12.8. The summed E-state index contributed by atoms with van der Waals surface area (Å²) in [4.78, 5) is 11.1. The number of nitro benzene ring substituents is 1. The predicted molar refractivity (Wildman–Crippen MR) is 107 cm³/mol. The van der Waals surface area contributed by atoms with Crippen LogP contribution in [-0.2, 0) is 19.5 Å². The SMILES string of the molecule is COCCNc1nnc(Sc2ccc(S(=O)(=O)N3CCOCC3)cc2[N+](=O)[O-])s1. The number of methoxy groups -OCH3 is 1. The smallest absolute Gasteiger partial charge is 0.284 e. The molecule has 2 heterocycles. The Balaban J connectivity index is 1.80. The Hall–Kier alpha value is -1.84. The molecule has 0 amide bonds. The number of sulfonamides is 1. The van der Waals surface area contributed by atoms with E-state index in [1.165, 1.54) is 27.8 Å². The zero-order chi connectivity index (χ0) is 20.9. The van der Waals surface area contributed by atoms with Crippen molar-refractivity contribution in [2.75, 3.05) is 51.9 Å². The number of nitro groups is 1. The molecule has 14 heteroatoms. The van der Waals surface area contributed by atoms with Gasteiger partial charge in [-0.05, 0) is 23.9 Å². The lowest BCUT2D eigenvalue weighted by Gasteiger charge is -2.26. The monoisotopic (exact) mass is 461 g/mol. The molecule has 0 spiro atoms. The van der Waals surface area contributed by atoms with E-state index in [2.05, 4.69) is 15.5 Å². The first-order chi connectivity index (χ1) is 13.9. The summed E-state index contributed by atoms with van der Waals surface area (Å²) in [6.45, 7) is 2.10. The van der Waals surface area contributed by atoms with Crippen LogP contribution in [0.15, 0.2) is 32.3 Å². The molecular formula is C15H19N5O6S3. The van der Waals surface area contributed by atoms with E-state index in [9.17, 15) is 18.5 Å². The van der Waals surface area contributed by atoms with Crippen LogP contribution in [0.4, 0.5) is 10.8 Å². The van der Waals surface area contributed by atoms with E-state index in [1.807, 2.05) is 0 Å². The van der Waals surface area contributed by atoms with Gasteiger partial charge < -0.3 is 14.8 Å². The van der Waals surface area contributed by atoms with Crippen LogP contribution in [-0.4, -0.2) is 74.4 Å². The second-order valence-electron chi connectivity index (χ2n) is 5.80. The van der Waals surface area contributed by atoms with Crippen molar-refractivity contribution in [3.05, 3.63) is 28.3 Å². The summed E-state index contributed by atoms with van der Waals surface area (Å²) in [6.07, 6.45) is 0. The molecule has 1 aliphatic heterocycles. The largest absolute Gasteiger partial charge is 0.383 e. The highest BCUT2D eigenvalue weighted by Crippen LogP contribution is 2.38. The average Bonchev–Trinajstić information content (AvgIpc) is 3.16. The molecular weight excluding hydrogens is 442 g/mol. The van der Waals surface area contributed by atoms with Crippen LogP contribution in [0.3, 0.4) is 0 Å². The number of aromatic nitrogens is 2. The Morgan fingerprint density at radius 2 is 2.14 bits per heavy atom. The maximum absolute atomic E-state index is 12.8. The third-order valence-electron chi connectivity index (χ3n) is 3.92. The molecule has 0 saturated carbocycles. The molecule has 1 aliphatic rings. The van der Waals surface area contributed by atoms with Gasteiger partial charge in [-0.1, -0.05) is 11.3 Å². The van der Waals surface area contributed by atoms with Crippen molar-refractivity contribution in [3.8, 4) is 0 Å². The topological polar surface area (TPSA) is 137 Å². The van der Waals surface area contributed by atoms with Crippen LogP contribution < -0.4 is 5.32 Å². The minimum absolute atomic E-state index is 0.116. The number of rotatable bonds is 9. The van der Waals surface area contributed by atoms with Gasteiger partial charge in [0, 0.05) is 32.8 Å². The molecule has 1 saturated heterocycles. The van der Waals surface area contributed by atoms with E-state index in [-0.39, 0.29) is 28.6 Å². The molecule has 2 aromatic rings. The first kappa shape index (κ1) is 21.9. The molecule has 158 valence electrons. The van der Waals surface area contributed by atoms with Gasteiger partial charge in [-0.2, -0.15) is 4.31 Å². The van der Waals surface area contributed by atoms with Gasteiger partial charge in [0.1, 0.15) is 0 Å². The highest BCUT2D eigenvalue weighted by Gasteiger charge is 2.29. The van der Waals surface area contributed by atoms with Crippen molar-refractivity contribution in [1.29, 1.82) is 0 Å². The first-order valence-electron chi connectivity index (χ1n) is 8.52. The predicted octanol–water partition coefficient (Wildman–Crippen LogP) is 1.68. The van der Waals surface area contributed by atoms with E-state index >= 15 is 0 Å². The van der Waals surface area contributed by atoms with Crippen LogP contribution in [0.1, 0.15) is 0 Å². The Morgan fingerprint density at radius 1 is 1.38 bits per heavy atom. The standard InChI is InChI=1S/C15H19N5O6S3/c1-25-7-4-16-14-17-18-15(28-14)27-13-3-2-11(10-12(13)20(21)22)29(23,24)19-5-8-26-9-6-19/h2-3,10H,4-9H2,1H3,(H,16,17). The van der Waals surface area contributed by atoms with E-state index in [4.69, 9.17) is 9.47 Å². The van der Waals surface area contributed by atoms with Gasteiger partial charge in [0.05, 0.1) is 34.5 Å². The number of nitrogens with one attached hydrogen (secondary N) is 1. The fourth-order valence-electron chi connectivity index (χ4n) is 2.50. The third kappa shape index (κ3) is 5.40. The molecule has 0 atom stereocenters. The minimum atomic E-state index is -3.82. The lowest BCUT2D eigenvalue weighted by molar-refractivity contribution is -0.388. The number of benzene rings is 1. The number of hydrogen-bond acceptors (Lipinski definition) is 11. The van der Waals surface area contributed by atoms with E-state index in [0.717, 1.165) is 17.8 Å². The maximum Gasteiger partial charge on any atom is 0.284 e. The van der Waals surface area contributed by atoms with Gasteiger partial charge in [0.2, 0.25) is 15.2 Å². The molecule has 0 unspecified atom stereocenters. The van der Waals surface area contributed by atoms with Crippen molar-refractivity contribution >= 4 is 43.9 Å². The van der Waals surface area contributed by atoms with Crippen LogP contribution in [0.5, 0.6) is 0 Å². The van der Waals surface area contributed by atoms with E-state index in [1.54, 1.807) is 7.11 Å². The summed E-state index contributed by atoms with van der Waals surface area (Å²) in [7, 11) is -2.24. The molecule has 0 bridgehead atoms. The fraction of sp³-hybridized carbons (Fsp3) is 0.467. The number of ether oxygens (including phenoxy) is 2. The van der Waals surface area contributed by atoms with Gasteiger partial charge >= 0.3 is 0 Å². The second kappa shape index (κ2) is 9.77. The van der Waals surface area contributed by atoms with Crippen molar-refractivity contribution in [2.24, 2.45) is 0 Å². The average molecular weight is 462 g/mol. The third-order valence-corrected chi connectivity index (χ3v) is 7.81. The molecule has 3 rings (SSSR count). The summed E-state index contributed by atoms with van der Waals surface area (Å²) in [5.41, 5.74) is -0.298. The lowest BCUT2D eigenvalue weighted by Crippen LogP contribution is -2.40. The number of morpholine rings is 1. The molecule has 29 heavy (non-hydrogen) atoms. The van der Waals surface area contributed by atoms with Crippen molar-refractivity contribution in [2.45, 2.75) is 14.1 Å². The molecule has 0 radical (unpaired) electrons. The van der Waals surface area contributed by atoms with Crippen LogP contribution in [0.2, 0.25) is 0 Å². The van der Waals surface area contributed by atoms with Crippen molar-refractivity contribution in [1.82, 2.24) is 14.5 Å². The molecule has 11 nitrogen and oxygen atoms in total. The van der Waals surface area contributed by atoms with Crippen molar-refractivity contribution in [3.63, 3.8) is 0 Å². The number of hydrogen-bond donors (Lipinski definition) is 1. The zero-order valence-corrected chi connectivity index (χ0v) is 17.9. The summed E-state index contributed by atoms with van der Waals surface area (Å²) in [5.74, 6) is 0. The minimum Gasteiger partial charge on any atom is -0.383 e. The molecule has 0 aliphatic carbocycles.